The van der Waals surface area contributed by atoms with Crippen molar-refractivity contribution in [2.45, 2.75) is 254 Å². The number of alkyl halides is 2. The summed E-state index contributed by atoms with van der Waals surface area (Å²) in [6.07, 6.45) is 38.8. The maximum Gasteiger partial charge on any atom is 0.330 e. The SMILES string of the molecule is BrC[C@@H]1CC[C@@H]1CBr.C.C.CCOC(=O)C=C1C[C@H]2CC[C@H]2C1.CCOC(=O)CC1(CN)C[C@H]2CC[C@H]2C1.CCOC(=O)CC1(C[N+](=O)[O-])C[C@H]2CC[C@H]2C1.CS(=O)(=O)OC[C@H]1CC[C@H]1COS(C)(=O)=O.O=C(O)CC1(C[N+](=O)[O-])C[C@H]2CC[C@H]2C1.O=C1CC2(CN1)C[C@H]1CC[C@H]1C2.O=C1C[C@H]2CC[C@H]2C1.OC[C@@H]1CC[C@@H]1CO.[B][B]B([B])B([B])[B]. The van der Waals surface area contributed by atoms with Crippen molar-refractivity contribution < 1.29 is 93.3 Å². The number of ether oxygens (including phenoxy) is 3. The van der Waals surface area contributed by atoms with E-state index in [2.05, 4.69) is 45.5 Å². The summed E-state index contributed by atoms with van der Waals surface area (Å²) >= 11 is 6.97. The Balaban J connectivity index is 0.000000242. The molecule has 16 fully saturated rings. The maximum absolute atomic E-state index is 11.6. The third-order valence-electron chi connectivity index (χ3n) is 29.6. The van der Waals surface area contributed by atoms with Crippen LogP contribution in [0.1, 0.15) is 254 Å². The predicted molar refractivity (Wildman–Crippen MR) is 483 cm³/mol. The van der Waals surface area contributed by atoms with Gasteiger partial charge in [0.2, 0.25) is 19.0 Å². The summed E-state index contributed by atoms with van der Waals surface area (Å²) in [5.74, 6) is 11.7. The molecule has 1 aliphatic heterocycles. The van der Waals surface area contributed by atoms with Crippen LogP contribution in [0.25, 0.3) is 0 Å². The first-order valence-corrected chi connectivity index (χ1v) is 50.1. The molecule has 22 atom stereocenters. The van der Waals surface area contributed by atoms with E-state index in [0.29, 0.717) is 79.5 Å². The van der Waals surface area contributed by atoms with Crippen molar-refractivity contribution in [3.63, 3.8) is 0 Å². The molecule has 0 bridgehead atoms. The average molecular weight is 1860 g/mol. The highest BCUT2D eigenvalue weighted by molar-refractivity contribution is 9.09. The molecule has 4 unspecified atom stereocenters. The van der Waals surface area contributed by atoms with Gasteiger partial charge in [0.25, 0.3) is 20.2 Å². The molecule has 9 radical (unpaired) electrons. The molecule has 677 valence electrons. The number of aliphatic hydroxyl groups is 2. The first-order chi connectivity index (χ1) is 56.3. The van der Waals surface area contributed by atoms with Gasteiger partial charge in [0.1, 0.15) is 5.78 Å². The Morgan fingerprint density at radius 1 is 0.537 bits per heavy atom. The minimum atomic E-state index is -3.42. The number of hydrogen-bond acceptors (Lipinski definition) is 22. The first kappa shape index (κ1) is 108. The number of esters is 3. The number of nitrogens with zero attached hydrogens (tertiary/aromatic N) is 2. The molecular formula is C84H142B7Br2N4O22S2. The zero-order valence-corrected chi connectivity index (χ0v) is 76.2. The van der Waals surface area contributed by atoms with E-state index in [1.54, 1.807) is 13.0 Å². The summed E-state index contributed by atoms with van der Waals surface area (Å²) in [6.45, 7) is 8.84. The Bertz CT molecular complexity index is 3380. The third kappa shape index (κ3) is 34.2. The number of carbonyl (C=O) groups excluding carboxylic acids is 5. The highest BCUT2D eigenvalue weighted by atomic mass is 79.9. The number of halogens is 2. The zero-order chi connectivity index (χ0) is 87.6. The Labute approximate surface area is 747 Å². The van der Waals surface area contributed by atoms with Gasteiger partial charge in [-0.3, -0.25) is 52.6 Å². The smallest absolute Gasteiger partial charge is 0.330 e. The van der Waals surface area contributed by atoms with Crippen molar-refractivity contribution in [3.8, 4) is 0 Å². The topological polar surface area (TPSA) is 402 Å². The highest BCUT2D eigenvalue weighted by Gasteiger charge is 2.56. The number of carboxylic acid groups (broad SMARTS) is 1. The van der Waals surface area contributed by atoms with Crippen LogP contribution in [0.3, 0.4) is 0 Å². The van der Waals surface area contributed by atoms with E-state index in [1.807, 2.05) is 13.8 Å². The second-order valence-electron chi connectivity index (χ2n) is 38.1. The lowest BCUT2D eigenvalue weighted by atomic mass is 8.76. The number of rotatable bonds is 27. The molecule has 15 saturated carbocycles. The first-order valence-electron chi connectivity index (χ1n) is 44.2. The molecule has 0 aromatic rings. The van der Waals surface area contributed by atoms with Crippen molar-refractivity contribution in [2.75, 3.05) is 95.6 Å². The van der Waals surface area contributed by atoms with E-state index in [4.69, 9.17) is 66.2 Å². The molecule has 1 heterocycles. The Kier molecular flexibility index (Phi) is 45.8. The van der Waals surface area contributed by atoms with Gasteiger partial charge in [-0.1, -0.05) is 52.3 Å². The fraction of sp³-hybridized carbons (Fsp3) is 0.905. The summed E-state index contributed by atoms with van der Waals surface area (Å²) in [5, 5.41) is 52.7. The number of nitrogens with two attached hydrogens (primary N) is 1. The van der Waals surface area contributed by atoms with Crippen LogP contribution in [0, 0.1) is 148 Å². The Morgan fingerprint density at radius 2 is 0.868 bits per heavy atom. The van der Waals surface area contributed by atoms with Crippen molar-refractivity contribution in [1.29, 1.82) is 0 Å². The van der Waals surface area contributed by atoms with Crippen LogP contribution < -0.4 is 11.1 Å². The van der Waals surface area contributed by atoms with Gasteiger partial charge in [-0.25, -0.2) is 4.79 Å². The van der Waals surface area contributed by atoms with Crippen molar-refractivity contribution in [2.24, 2.45) is 134 Å². The highest BCUT2D eigenvalue weighted by Crippen LogP contribution is 2.61. The molecule has 1 amide bonds. The predicted octanol–water partition coefficient (Wildman–Crippen LogP) is 11.6. The number of ketones is 1. The normalized spacial score (nSPS) is 34.7. The number of fused-ring (bicyclic) bond motifs is 6. The number of aliphatic carboxylic acids is 1. The minimum absolute atomic E-state index is 0. The molecule has 37 heteroatoms. The molecule has 6 N–H and O–H groups in total. The number of allylic oxidation sites excluding steroid dienone is 1. The van der Waals surface area contributed by atoms with E-state index >= 15 is 0 Å². The molecule has 15 aliphatic carbocycles. The van der Waals surface area contributed by atoms with Gasteiger partial charge < -0.3 is 40.6 Å². The Morgan fingerprint density at radius 3 is 1.12 bits per heavy atom. The van der Waals surface area contributed by atoms with E-state index in [-0.39, 0.29) is 125 Å². The number of carboxylic acids is 1. The van der Waals surface area contributed by atoms with E-state index in [0.717, 1.165) is 187 Å². The fourth-order valence-electron chi connectivity index (χ4n) is 21.5. The van der Waals surface area contributed by atoms with Gasteiger partial charge in [-0.15, -0.1) is 0 Å². The lowest BCUT2D eigenvalue weighted by Gasteiger charge is -2.35. The van der Waals surface area contributed by atoms with Crippen LogP contribution in [-0.2, 0) is 71.6 Å². The Hall–Kier alpha value is -3.33. The summed E-state index contributed by atoms with van der Waals surface area (Å²) < 4.78 is 67.2. The van der Waals surface area contributed by atoms with Crippen LogP contribution in [-0.4, -0.2) is 224 Å². The molecular weight excluding hydrogens is 1720 g/mol. The van der Waals surface area contributed by atoms with Crippen LogP contribution in [0.4, 0.5) is 0 Å². The molecule has 1 saturated heterocycles. The molecule has 16 rings (SSSR count). The van der Waals surface area contributed by atoms with Crippen LogP contribution in [0.5, 0.6) is 0 Å². The van der Waals surface area contributed by atoms with Gasteiger partial charge in [-0.05, 0) is 324 Å². The lowest BCUT2D eigenvalue weighted by Crippen LogP contribution is -2.43. The molecule has 0 aromatic carbocycles. The molecule has 26 nitrogen and oxygen atoms in total. The molecule has 16 aliphatic rings. The summed E-state index contributed by atoms with van der Waals surface area (Å²) in [5.41, 5.74) is 6.66. The van der Waals surface area contributed by atoms with Crippen molar-refractivity contribution in [1.82, 2.24) is 5.32 Å². The second kappa shape index (κ2) is 51.2. The lowest BCUT2D eigenvalue weighted by molar-refractivity contribution is -0.497. The number of carbonyl (C=O) groups is 6. The number of nitro groups is 2. The van der Waals surface area contributed by atoms with E-state index < -0.39 is 43.4 Å². The maximum atomic E-state index is 11.6. The molecule has 1 spiro atoms. The quantitative estimate of drug-likeness (QED) is 0.00745. The van der Waals surface area contributed by atoms with E-state index in [1.165, 1.54) is 113 Å². The van der Waals surface area contributed by atoms with Gasteiger partial charge in [0, 0.05) is 127 Å². The number of amides is 1. The van der Waals surface area contributed by atoms with Crippen LogP contribution in [0.15, 0.2) is 11.6 Å². The number of aliphatic hydroxyl groups excluding tert-OH is 2. The van der Waals surface area contributed by atoms with Gasteiger partial charge >= 0.3 is 23.9 Å². The summed E-state index contributed by atoms with van der Waals surface area (Å²) in [7, 11) is 14.8. The molecule has 0 aromatic heterocycles. The standard InChI is InChI=1S/C12H19NO4.C12H21NO2.C11H16O2.C10H15NO4.C10H15NO.C8H16O6S2.C7H10O.C6H10Br2.C6H12O2.2CH4.B7/c1-2-17-11(14)7-12(8-13(15)16)5-9-3-4-10(9)6-12;1-2-15-11(14)7-12(8-13)5-9-3-4-10(9)6-12;1-2-13-11(12)7-8-5-9-3-4-10(9)6-8;12-9(13)5-10(6-11(14)15)3-7-1-2-8(7)4-10;12-9-5-10(6-11-9)3-7-1-2-8(7)4-10;1-15(9,10)13-5-7-3-4-8(7)6-14-16(2,11)12;8-7-3-5-1-2-6(5)4-7;2*7-3-5-1-2-6(5)4-8;;;1-5-7(4)6(2)3/h9-10H,2-8H2,1H3;9-10H,2-8,13H2,1H3;7,9-10H,2-6H2,1H3;7-8H,1-6H2,(H,12,13);7-8H,1-6H2,(H,11,12);7-8H,3-6H2,1-2H3;2*5-6H,1-4H2;5-8H,1-4H2;2*1H4;/t2*9-,10+,12?;9-,10+;2*7-,8+,10?;7-,8+;3*5-,6+;;;. The molecule has 121 heavy (non-hydrogen) atoms. The fourth-order valence-corrected chi connectivity index (χ4v) is 24.1. The van der Waals surface area contributed by atoms with Gasteiger partial charge in [0.05, 0.1) is 64.8 Å². The number of Topliss-reactive ketones (excluding diaryl/α,β-unsaturated/α-hetero) is 1. The van der Waals surface area contributed by atoms with Gasteiger partial charge in [-0.2, -0.15) is 16.8 Å². The monoisotopic (exact) mass is 1860 g/mol. The minimum Gasteiger partial charge on any atom is -0.481 e. The number of hydrogen-bond donors (Lipinski definition) is 5. The van der Waals surface area contributed by atoms with Crippen molar-refractivity contribution in [3.05, 3.63) is 31.9 Å². The third-order valence-corrected chi connectivity index (χ3v) is 32.4. The van der Waals surface area contributed by atoms with Crippen molar-refractivity contribution >= 4 is 138 Å². The largest absolute Gasteiger partial charge is 0.481 e. The van der Waals surface area contributed by atoms with E-state index in [9.17, 15) is 65.8 Å². The summed E-state index contributed by atoms with van der Waals surface area (Å²) in [6, 6.07) is 0. The zero-order valence-electron chi connectivity index (χ0n) is 71.4. The average Bonchev–Trinajstić information content (AvgIpc) is 1.65. The van der Waals surface area contributed by atoms with Crippen LogP contribution >= 0.6 is 31.9 Å². The second-order valence-corrected chi connectivity index (χ2v) is 42.7. The number of nitrogens with one attached hydrogen (secondary N) is 1. The van der Waals surface area contributed by atoms with Gasteiger partial charge in [0.15, 0.2) is 0 Å². The summed E-state index contributed by atoms with van der Waals surface area (Å²) in [4.78, 5) is 87.6. The van der Waals surface area contributed by atoms with Crippen LogP contribution in [0.2, 0.25) is 0 Å².